The second-order valence-corrected chi connectivity index (χ2v) is 7.31. The zero-order valence-electron chi connectivity index (χ0n) is 11.5. The summed E-state index contributed by atoms with van der Waals surface area (Å²) in [6.45, 7) is 1.81. The molecule has 0 radical (unpaired) electrons. The normalized spacial score (nSPS) is 24.9. The van der Waals surface area contributed by atoms with Gasteiger partial charge < -0.3 is 0 Å². The number of hydrogen-bond acceptors (Lipinski definition) is 5. The van der Waals surface area contributed by atoms with Crippen LogP contribution in [0, 0.1) is 0 Å². The monoisotopic (exact) mass is 357 g/mol. The molecule has 1 aliphatic rings. The van der Waals surface area contributed by atoms with Gasteiger partial charge in [-0.2, -0.15) is 4.72 Å². The van der Waals surface area contributed by atoms with E-state index >= 15 is 0 Å². The Morgan fingerprint density at radius 1 is 1.09 bits per heavy atom. The van der Waals surface area contributed by atoms with Gasteiger partial charge in [-0.1, -0.05) is 41.4 Å². The SMILES string of the molecule is CC1(c2ccc(Cl)nc2)NS(O)(O)N=C1c1ccc(Cl)cc1. The van der Waals surface area contributed by atoms with Crippen molar-refractivity contribution in [2.75, 3.05) is 0 Å². The van der Waals surface area contributed by atoms with Gasteiger partial charge in [-0.15, -0.1) is 4.40 Å². The maximum absolute atomic E-state index is 10.0. The summed E-state index contributed by atoms with van der Waals surface area (Å²) in [4.78, 5) is 4.05. The van der Waals surface area contributed by atoms with E-state index in [1.54, 1.807) is 42.6 Å². The minimum absolute atomic E-state index is 0.363. The highest BCUT2D eigenvalue weighted by molar-refractivity contribution is 8.21. The fourth-order valence-corrected chi connectivity index (χ4v) is 3.97. The maximum atomic E-state index is 10.0. The van der Waals surface area contributed by atoms with Crippen molar-refractivity contribution >= 4 is 39.9 Å². The predicted octanol–water partition coefficient (Wildman–Crippen LogP) is 4.28. The Morgan fingerprint density at radius 3 is 2.36 bits per heavy atom. The van der Waals surface area contributed by atoms with E-state index in [9.17, 15) is 9.11 Å². The standard InChI is InChI=1S/C14H13Cl2N3O2S/c1-14(10-4-7-12(16)17-8-10)13(18-22(20,21)19-14)9-2-5-11(15)6-3-9/h2-8,19-21H,1H3. The number of nitrogens with one attached hydrogen (secondary N) is 1. The molecule has 1 aliphatic heterocycles. The first-order valence-corrected chi connectivity index (χ1v) is 8.62. The molecule has 2 aromatic rings. The van der Waals surface area contributed by atoms with Gasteiger partial charge in [0.05, 0.1) is 5.71 Å². The Morgan fingerprint density at radius 2 is 1.77 bits per heavy atom. The summed E-state index contributed by atoms with van der Waals surface area (Å²) in [6, 6.07) is 10.4. The molecule has 0 saturated carbocycles. The van der Waals surface area contributed by atoms with Crippen LogP contribution in [-0.4, -0.2) is 19.8 Å². The molecular weight excluding hydrogens is 345 g/mol. The van der Waals surface area contributed by atoms with E-state index in [0.29, 0.717) is 15.9 Å². The fourth-order valence-electron chi connectivity index (χ4n) is 2.38. The number of nitrogens with zero attached hydrogens (tertiary/aromatic N) is 2. The summed E-state index contributed by atoms with van der Waals surface area (Å²) in [6.07, 6.45) is 1.58. The van der Waals surface area contributed by atoms with E-state index in [1.807, 2.05) is 6.92 Å². The molecule has 1 atom stereocenters. The van der Waals surface area contributed by atoms with Gasteiger partial charge in [-0.25, -0.2) is 4.98 Å². The van der Waals surface area contributed by atoms with Gasteiger partial charge in [0.2, 0.25) is 0 Å². The lowest BCUT2D eigenvalue weighted by Crippen LogP contribution is -2.42. The van der Waals surface area contributed by atoms with Crippen LogP contribution in [0.25, 0.3) is 0 Å². The topological polar surface area (TPSA) is 77.7 Å². The lowest BCUT2D eigenvalue weighted by molar-refractivity contribution is 0.456. The molecule has 0 fully saturated rings. The van der Waals surface area contributed by atoms with Gasteiger partial charge in [0, 0.05) is 16.8 Å². The van der Waals surface area contributed by atoms with Crippen molar-refractivity contribution in [2.24, 2.45) is 4.40 Å². The van der Waals surface area contributed by atoms with Crippen LogP contribution in [0.15, 0.2) is 47.0 Å². The quantitative estimate of drug-likeness (QED) is 0.701. The Labute approximate surface area is 139 Å². The smallest absolute Gasteiger partial charge is 0.129 e. The zero-order chi connectivity index (χ0) is 16.0. The number of aromatic nitrogens is 1. The second-order valence-electron chi connectivity index (χ2n) is 5.06. The first kappa shape index (κ1) is 15.7. The van der Waals surface area contributed by atoms with E-state index in [2.05, 4.69) is 14.1 Å². The number of pyridine rings is 1. The summed E-state index contributed by atoms with van der Waals surface area (Å²) in [5.74, 6) is 0. The van der Waals surface area contributed by atoms with Crippen molar-refractivity contribution in [3.63, 3.8) is 0 Å². The summed E-state index contributed by atoms with van der Waals surface area (Å²) in [7, 11) is -3.28. The van der Waals surface area contributed by atoms with E-state index < -0.39 is 16.5 Å². The predicted molar refractivity (Wildman–Crippen MR) is 90.6 cm³/mol. The molecule has 1 aromatic heterocycles. The Balaban J connectivity index is 2.11. The van der Waals surface area contributed by atoms with Gasteiger partial charge in [0.15, 0.2) is 0 Å². The van der Waals surface area contributed by atoms with E-state index in [0.717, 1.165) is 11.1 Å². The Bertz CT molecular complexity index is 735. The molecule has 2 heterocycles. The van der Waals surface area contributed by atoms with Crippen molar-refractivity contribution in [3.05, 3.63) is 63.9 Å². The van der Waals surface area contributed by atoms with Gasteiger partial charge in [-0.3, -0.25) is 9.11 Å². The van der Waals surface area contributed by atoms with Crippen LogP contribution in [0.5, 0.6) is 0 Å². The summed E-state index contributed by atoms with van der Waals surface area (Å²) in [5, 5.41) is 0.957. The molecule has 8 heteroatoms. The molecule has 3 rings (SSSR count). The van der Waals surface area contributed by atoms with Crippen molar-refractivity contribution in [2.45, 2.75) is 12.5 Å². The van der Waals surface area contributed by atoms with Crippen molar-refractivity contribution < 1.29 is 9.11 Å². The van der Waals surface area contributed by atoms with Crippen molar-refractivity contribution in [3.8, 4) is 0 Å². The van der Waals surface area contributed by atoms with Gasteiger partial charge >= 0.3 is 0 Å². The van der Waals surface area contributed by atoms with Gasteiger partial charge in [-0.05, 0) is 41.6 Å². The van der Waals surface area contributed by atoms with Gasteiger partial charge in [0.25, 0.3) is 0 Å². The second kappa shape index (κ2) is 5.49. The zero-order valence-corrected chi connectivity index (χ0v) is 13.8. The molecule has 0 saturated heterocycles. The molecule has 3 N–H and O–H groups in total. The lowest BCUT2D eigenvalue weighted by atomic mass is 9.85. The maximum Gasteiger partial charge on any atom is 0.129 e. The Kier molecular flexibility index (Phi) is 3.92. The Hall–Kier alpha value is -1.15. The van der Waals surface area contributed by atoms with Gasteiger partial charge in [0.1, 0.15) is 10.7 Å². The molecular formula is C14H13Cl2N3O2S. The summed E-state index contributed by atoms with van der Waals surface area (Å²) < 4.78 is 26.8. The van der Waals surface area contributed by atoms with Crippen LogP contribution in [0.1, 0.15) is 18.1 Å². The van der Waals surface area contributed by atoms with Crippen molar-refractivity contribution in [1.82, 2.24) is 9.71 Å². The largest absolute Gasteiger partial charge is 0.267 e. The van der Waals surface area contributed by atoms with E-state index in [1.165, 1.54) is 0 Å². The third-order valence-electron chi connectivity index (χ3n) is 3.46. The third-order valence-corrected chi connectivity index (χ3v) is 5.05. The number of halogens is 2. The molecule has 0 spiro atoms. The molecule has 0 aliphatic carbocycles. The minimum atomic E-state index is -3.28. The lowest BCUT2D eigenvalue weighted by Gasteiger charge is -2.31. The van der Waals surface area contributed by atoms with E-state index in [-0.39, 0.29) is 0 Å². The summed E-state index contributed by atoms with van der Waals surface area (Å²) in [5.41, 5.74) is 1.08. The van der Waals surface area contributed by atoms with Crippen LogP contribution in [0.4, 0.5) is 0 Å². The average Bonchev–Trinajstić information content (AvgIpc) is 2.71. The van der Waals surface area contributed by atoms with Crippen LogP contribution >= 0.6 is 34.2 Å². The first-order chi connectivity index (χ1) is 10.3. The van der Waals surface area contributed by atoms with Crippen LogP contribution in [0.3, 0.4) is 0 Å². The minimum Gasteiger partial charge on any atom is -0.267 e. The molecule has 5 nitrogen and oxygen atoms in total. The van der Waals surface area contributed by atoms with Crippen LogP contribution in [-0.2, 0) is 5.54 Å². The molecule has 0 amide bonds. The fraction of sp³-hybridized carbons (Fsp3) is 0.143. The third kappa shape index (κ3) is 2.86. The molecule has 1 unspecified atom stereocenters. The number of rotatable bonds is 2. The van der Waals surface area contributed by atoms with Crippen molar-refractivity contribution in [1.29, 1.82) is 0 Å². The van der Waals surface area contributed by atoms with E-state index in [4.69, 9.17) is 23.2 Å². The highest BCUT2D eigenvalue weighted by Gasteiger charge is 2.44. The molecule has 1 aromatic carbocycles. The highest BCUT2D eigenvalue weighted by atomic mass is 35.5. The molecule has 0 bridgehead atoms. The number of hydrogen-bond donors (Lipinski definition) is 3. The average molecular weight is 358 g/mol. The summed E-state index contributed by atoms with van der Waals surface area (Å²) >= 11 is 11.7. The first-order valence-electron chi connectivity index (χ1n) is 6.36. The molecule has 116 valence electrons. The van der Waals surface area contributed by atoms with Crippen LogP contribution < -0.4 is 4.72 Å². The molecule has 22 heavy (non-hydrogen) atoms. The highest BCUT2D eigenvalue weighted by Crippen LogP contribution is 2.49. The number of benzene rings is 1. The van der Waals surface area contributed by atoms with Crippen LogP contribution in [0.2, 0.25) is 10.2 Å².